The Kier molecular flexibility index (Phi) is 4.22. The molecule has 0 unspecified atom stereocenters. The lowest BCUT2D eigenvalue weighted by molar-refractivity contribution is -0.139. The van der Waals surface area contributed by atoms with Crippen LogP contribution in [0.3, 0.4) is 0 Å². The number of thiocarbonyl (C=S) groups is 1. The number of nitrogens with zero attached hydrogens (tertiary/aromatic N) is 1. The number of carbonyl (C=O) groups is 1. The zero-order valence-electron chi connectivity index (χ0n) is 13.6. The summed E-state index contributed by atoms with van der Waals surface area (Å²) in [5.74, 6) is 0.922. The van der Waals surface area contributed by atoms with Crippen LogP contribution in [0.1, 0.15) is 11.6 Å². The molecule has 1 aromatic carbocycles. The van der Waals surface area contributed by atoms with Gasteiger partial charge in [-0.25, -0.2) is 0 Å². The Balaban J connectivity index is 1.65. The summed E-state index contributed by atoms with van der Waals surface area (Å²) in [6.07, 6.45) is 0. The zero-order valence-corrected chi connectivity index (χ0v) is 14.4. The molecule has 0 spiro atoms. The minimum absolute atomic E-state index is 0.0125. The van der Waals surface area contributed by atoms with Gasteiger partial charge in [0.15, 0.2) is 16.6 Å². The maximum Gasteiger partial charge on any atom is 0.234 e. The van der Waals surface area contributed by atoms with E-state index in [2.05, 4.69) is 17.2 Å². The van der Waals surface area contributed by atoms with Crippen LogP contribution in [0.5, 0.6) is 11.5 Å². The van der Waals surface area contributed by atoms with E-state index in [1.54, 1.807) is 0 Å². The summed E-state index contributed by atoms with van der Waals surface area (Å²) in [6.45, 7) is 6.52. The van der Waals surface area contributed by atoms with E-state index in [-0.39, 0.29) is 18.7 Å². The van der Waals surface area contributed by atoms with Crippen molar-refractivity contribution >= 4 is 23.2 Å². The highest BCUT2D eigenvalue weighted by atomic mass is 32.1. The molecule has 0 bridgehead atoms. The van der Waals surface area contributed by atoms with Crippen LogP contribution < -0.4 is 20.1 Å². The van der Waals surface area contributed by atoms with Gasteiger partial charge in [-0.2, -0.15) is 0 Å². The van der Waals surface area contributed by atoms with Gasteiger partial charge in [0.25, 0.3) is 0 Å². The molecule has 3 aliphatic heterocycles. The normalized spacial score (nSPS) is 25.4. The second kappa shape index (κ2) is 6.53. The van der Waals surface area contributed by atoms with Gasteiger partial charge in [0.2, 0.25) is 12.7 Å². The Bertz CT molecular complexity index is 733. The fraction of sp³-hybridized carbons (Fsp3) is 0.412. The highest BCUT2D eigenvalue weighted by molar-refractivity contribution is 7.80. The van der Waals surface area contributed by atoms with E-state index >= 15 is 0 Å². The van der Waals surface area contributed by atoms with Crippen molar-refractivity contribution in [3.63, 3.8) is 0 Å². The number of morpholine rings is 1. The van der Waals surface area contributed by atoms with E-state index in [9.17, 15) is 4.79 Å². The van der Waals surface area contributed by atoms with Gasteiger partial charge < -0.3 is 29.7 Å². The van der Waals surface area contributed by atoms with Crippen LogP contribution in [0, 0.1) is 5.92 Å². The highest BCUT2D eigenvalue weighted by Crippen LogP contribution is 2.38. The van der Waals surface area contributed by atoms with Crippen LogP contribution in [0.4, 0.5) is 0 Å². The van der Waals surface area contributed by atoms with Crippen LogP contribution in [-0.4, -0.2) is 49.0 Å². The maximum atomic E-state index is 13.1. The molecular formula is C17H19N3O4S. The lowest BCUT2D eigenvalue weighted by atomic mass is 9.87. The Labute approximate surface area is 150 Å². The van der Waals surface area contributed by atoms with E-state index < -0.39 is 5.92 Å². The van der Waals surface area contributed by atoms with Gasteiger partial charge in [0, 0.05) is 18.8 Å². The molecule has 2 fully saturated rings. The minimum atomic E-state index is -0.467. The largest absolute Gasteiger partial charge is 0.454 e. The third kappa shape index (κ3) is 3.03. The van der Waals surface area contributed by atoms with Gasteiger partial charge in [-0.05, 0) is 29.9 Å². The lowest BCUT2D eigenvalue weighted by Gasteiger charge is -2.39. The smallest absolute Gasteiger partial charge is 0.234 e. The summed E-state index contributed by atoms with van der Waals surface area (Å²) in [4.78, 5) is 14.9. The fourth-order valence-electron chi connectivity index (χ4n) is 3.34. The molecule has 1 amide bonds. The molecule has 7 nitrogen and oxygen atoms in total. The number of nitrogens with one attached hydrogen (secondary N) is 2. The third-order valence-electron chi connectivity index (χ3n) is 4.61. The zero-order chi connectivity index (χ0) is 17.4. The standard InChI is InChI=1S/C17H19N3O4S/c1-10-14(16(21)20-4-6-22-7-5-20)15(19-17(25)18-10)11-2-3-12-13(8-11)24-9-23-12/h2-3,8,14-15H,1,4-7,9H2,(H2,18,19,25)/t14-,15+/m0/s1. The van der Waals surface area contributed by atoms with Crippen molar-refractivity contribution in [2.24, 2.45) is 5.92 Å². The number of amides is 1. The summed E-state index contributed by atoms with van der Waals surface area (Å²) < 4.78 is 16.2. The van der Waals surface area contributed by atoms with E-state index in [4.69, 9.17) is 26.4 Å². The number of rotatable bonds is 2. The molecule has 3 heterocycles. The molecule has 4 rings (SSSR count). The molecule has 25 heavy (non-hydrogen) atoms. The van der Waals surface area contributed by atoms with Crippen molar-refractivity contribution in [2.45, 2.75) is 6.04 Å². The van der Waals surface area contributed by atoms with Crippen molar-refractivity contribution in [3.05, 3.63) is 36.0 Å². The average molecular weight is 361 g/mol. The lowest BCUT2D eigenvalue weighted by Crippen LogP contribution is -2.55. The SMILES string of the molecule is C=C1NC(=S)N[C@H](c2ccc3c(c2)OCO3)[C@H]1C(=O)N1CCOCC1. The van der Waals surface area contributed by atoms with Crippen molar-refractivity contribution in [3.8, 4) is 11.5 Å². The Morgan fingerprint density at radius 2 is 2.00 bits per heavy atom. The minimum Gasteiger partial charge on any atom is -0.454 e. The van der Waals surface area contributed by atoms with Crippen molar-refractivity contribution < 1.29 is 19.0 Å². The van der Waals surface area contributed by atoms with Gasteiger partial charge in [-0.1, -0.05) is 12.6 Å². The van der Waals surface area contributed by atoms with Gasteiger partial charge in [0.05, 0.1) is 19.3 Å². The molecule has 3 aliphatic rings. The summed E-state index contributed by atoms with van der Waals surface area (Å²) in [5, 5.41) is 6.66. The topological polar surface area (TPSA) is 72.1 Å². The van der Waals surface area contributed by atoms with Crippen molar-refractivity contribution in [2.75, 3.05) is 33.1 Å². The summed E-state index contributed by atoms with van der Waals surface area (Å²) in [5.41, 5.74) is 1.50. The fourth-order valence-corrected chi connectivity index (χ4v) is 3.60. The predicted molar refractivity (Wildman–Crippen MR) is 94.2 cm³/mol. The third-order valence-corrected chi connectivity index (χ3v) is 4.83. The van der Waals surface area contributed by atoms with Crippen LogP contribution >= 0.6 is 12.2 Å². The maximum absolute atomic E-state index is 13.1. The number of benzene rings is 1. The molecule has 0 saturated carbocycles. The molecule has 132 valence electrons. The van der Waals surface area contributed by atoms with Crippen LogP contribution in [0.25, 0.3) is 0 Å². The van der Waals surface area contributed by atoms with Gasteiger partial charge in [-0.15, -0.1) is 0 Å². The average Bonchev–Trinajstić information content (AvgIpc) is 3.09. The van der Waals surface area contributed by atoms with E-state index in [0.717, 1.165) is 5.56 Å². The first-order chi connectivity index (χ1) is 12.1. The molecule has 2 N–H and O–H groups in total. The first-order valence-corrected chi connectivity index (χ1v) is 8.57. The van der Waals surface area contributed by atoms with Gasteiger partial charge in [0.1, 0.15) is 5.92 Å². The predicted octanol–water partition coefficient (Wildman–Crippen LogP) is 0.923. The second-order valence-electron chi connectivity index (χ2n) is 6.13. The number of ether oxygens (including phenoxy) is 3. The molecule has 2 atom stereocenters. The summed E-state index contributed by atoms with van der Waals surface area (Å²) in [6, 6.07) is 5.35. The first-order valence-electron chi connectivity index (χ1n) is 8.16. The van der Waals surface area contributed by atoms with E-state index in [1.807, 2.05) is 23.1 Å². The Morgan fingerprint density at radius 1 is 1.24 bits per heavy atom. The molecule has 0 aliphatic carbocycles. The number of carbonyl (C=O) groups excluding carboxylic acids is 1. The quantitative estimate of drug-likeness (QED) is 0.759. The monoisotopic (exact) mass is 361 g/mol. The van der Waals surface area contributed by atoms with Gasteiger partial charge >= 0.3 is 0 Å². The second-order valence-corrected chi connectivity index (χ2v) is 6.54. The first kappa shape index (κ1) is 16.2. The molecule has 8 heteroatoms. The summed E-state index contributed by atoms with van der Waals surface area (Å²) in [7, 11) is 0. The molecule has 0 aromatic heterocycles. The number of hydrogen-bond donors (Lipinski definition) is 2. The Morgan fingerprint density at radius 3 is 2.80 bits per heavy atom. The molecular weight excluding hydrogens is 342 g/mol. The highest BCUT2D eigenvalue weighted by Gasteiger charge is 2.39. The van der Waals surface area contributed by atoms with Gasteiger partial charge in [-0.3, -0.25) is 4.79 Å². The van der Waals surface area contributed by atoms with Crippen LogP contribution in [0.15, 0.2) is 30.5 Å². The Hall–Kier alpha value is -2.32. The van der Waals surface area contributed by atoms with E-state index in [1.165, 1.54) is 0 Å². The summed E-state index contributed by atoms with van der Waals surface area (Å²) >= 11 is 5.27. The number of fused-ring (bicyclic) bond motifs is 1. The van der Waals surface area contributed by atoms with Crippen molar-refractivity contribution in [1.82, 2.24) is 15.5 Å². The number of hydrogen-bond acceptors (Lipinski definition) is 5. The molecule has 1 aromatic rings. The molecule has 0 radical (unpaired) electrons. The van der Waals surface area contributed by atoms with E-state index in [0.29, 0.717) is 48.6 Å². The van der Waals surface area contributed by atoms with Crippen LogP contribution in [0.2, 0.25) is 0 Å². The molecule has 2 saturated heterocycles. The van der Waals surface area contributed by atoms with Crippen molar-refractivity contribution in [1.29, 1.82) is 0 Å². The van der Waals surface area contributed by atoms with Crippen LogP contribution in [-0.2, 0) is 9.53 Å².